The van der Waals surface area contributed by atoms with E-state index >= 15 is 0 Å². The summed E-state index contributed by atoms with van der Waals surface area (Å²) in [6.45, 7) is 28.7. The van der Waals surface area contributed by atoms with Crippen LogP contribution in [-0.2, 0) is 0 Å². The molecule has 1 heterocycles. The second kappa shape index (κ2) is 10.5. The molecule has 1 saturated heterocycles. The molecule has 0 aromatic carbocycles. The van der Waals surface area contributed by atoms with Gasteiger partial charge in [-0.15, -0.1) is 0 Å². The highest BCUT2D eigenvalue weighted by Crippen LogP contribution is 2.83. The van der Waals surface area contributed by atoms with Crippen molar-refractivity contribution in [3.05, 3.63) is 0 Å². The Morgan fingerprint density at radius 1 is 0.538 bits per heavy atom. The van der Waals surface area contributed by atoms with Crippen LogP contribution in [0.25, 0.3) is 0 Å². The van der Waals surface area contributed by atoms with Gasteiger partial charge in [-0.3, -0.25) is 9.34 Å². The van der Waals surface area contributed by atoms with Crippen molar-refractivity contribution < 1.29 is 0 Å². The molecule has 0 unspecified atom stereocenters. The van der Waals surface area contributed by atoms with Crippen LogP contribution in [0, 0.1) is 0 Å². The Labute approximate surface area is 167 Å². The summed E-state index contributed by atoms with van der Waals surface area (Å²) in [5.41, 5.74) is 0.414. The Kier molecular flexibility index (Phi) is 9.96. The number of nitrogens with zero attached hydrogens (tertiary/aromatic N) is 4. The predicted molar refractivity (Wildman–Crippen MR) is 121 cm³/mol. The van der Waals surface area contributed by atoms with Gasteiger partial charge in [0.1, 0.15) is 16.7 Å². The molecule has 26 heavy (non-hydrogen) atoms. The zero-order chi connectivity index (χ0) is 20.1. The van der Waals surface area contributed by atoms with Crippen LogP contribution in [0.15, 0.2) is 0 Å². The van der Waals surface area contributed by atoms with Gasteiger partial charge in [0.25, 0.3) is 0 Å². The highest BCUT2D eigenvalue weighted by molar-refractivity contribution is 7.80. The molecule has 6 heteroatoms. The second-order valence-corrected chi connectivity index (χ2v) is 13.8. The SMILES string of the molecule is CCCN(CCC)P1N(C(C)(C)C)P(N(CCC)CCC)N1C(C)(C)C. The van der Waals surface area contributed by atoms with E-state index in [2.05, 4.69) is 87.5 Å². The molecule has 156 valence electrons. The van der Waals surface area contributed by atoms with Crippen LogP contribution in [-0.4, -0.2) is 55.5 Å². The number of rotatable bonds is 10. The molecule has 0 amide bonds. The molecule has 0 spiro atoms. The van der Waals surface area contributed by atoms with Gasteiger partial charge in [0.15, 0.2) is 0 Å². The summed E-state index contributed by atoms with van der Waals surface area (Å²) < 4.78 is 11.4. The first kappa shape index (κ1) is 24.7. The molecule has 1 aliphatic rings. The summed E-state index contributed by atoms with van der Waals surface area (Å²) in [7, 11) is -0.764. The first-order valence-corrected chi connectivity index (χ1v) is 13.1. The van der Waals surface area contributed by atoms with Gasteiger partial charge in [-0.25, -0.2) is 8.88 Å². The first-order valence-electron chi connectivity index (χ1n) is 10.7. The summed E-state index contributed by atoms with van der Waals surface area (Å²) in [6, 6.07) is 0. The van der Waals surface area contributed by atoms with Crippen molar-refractivity contribution >= 4 is 16.7 Å². The molecule has 4 nitrogen and oxygen atoms in total. The fraction of sp³-hybridized carbons (Fsp3) is 1.00. The van der Waals surface area contributed by atoms with Gasteiger partial charge >= 0.3 is 0 Å². The van der Waals surface area contributed by atoms with Crippen molar-refractivity contribution in [1.82, 2.24) is 18.2 Å². The van der Waals surface area contributed by atoms with E-state index < -0.39 is 0 Å². The lowest BCUT2D eigenvalue weighted by atomic mass is 10.1. The summed E-state index contributed by atoms with van der Waals surface area (Å²) in [4.78, 5) is 0. The number of hydrogen-bond acceptors (Lipinski definition) is 4. The quantitative estimate of drug-likeness (QED) is 0.367. The normalized spacial score (nSPS) is 23.1. The van der Waals surface area contributed by atoms with Gasteiger partial charge in [-0.2, -0.15) is 0 Å². The summed E-state index contributed by atoms with van der Waals surface area (Å²) in [6.07, 6.45) is 4.95. The topological polar surface area (TPSA) is 13.0 Å². The molecule has 0 radical (unpaired) electrons. The molecule has 1 fully saturated rings. The molecule has 0 saturated carbocycles. The van der Waals surface area contributed by atoms with E-state index in [4.69, 9.17) is 0 Å². The van der Waals surface area contributed by atoms with E-state index in [1.54, 1.807) is 0 Å². The minimum absolute atomic E-state index is 0.207. The second-order valence-electron chi connectivity index (χ2n) is 9.36. The van der Waals surface area contributed by atoms with Crippen molar-refractivity contribution in [2.24, 2.45) is 0 Å². The Morgan fingerprint density at radius 3 is 0.923 bits per heavy atom. The summed E-state index contributed by atoms with van der Waals surface area (Å²) in [5, 5.41) is 0. The molecular formula is C20H46N4P2. The average molecular weight is 405 g/mol. The van der Waals surface area contributed by atoms with E-state index in [1.165, 1.54) is 51.9 Å². The Bertz CT molecular complexity index is 348. The summed E-state index contributed by atoms with van der Waals surface area (Å²) in [5.74, 6) is 0. The molecule has 0 N–H and O–H groups in total. The van der Waals surface area contributed by atoms with Crippen LogP contribution in [0.5, 0.6) is 0 Å². The van der Waals surface area contributed by atoms with E-state index in [-0.39, 0.29) is 27.8 Å². The highest BCUT2D eigenvalue weighted by Gasteiger charge is 2.59. The zero-order valence-corrected chi connectivity index (χ0v) is 21.1. The first-order chi connectivity index (χ1) is 12.0. The molecule has 1 rings (SSSR count). The maximum atomic E-state index is 2.90. The molecule has 0 aromatic rings. The predicted octanol–water partition coefficient (Wildman–Crippen LogP) is 6.90. The molecule has 0 aliphatic carbocycles. The van der Waals surface area contributed by atoms with Crippen molar-refractivity contribution in [3.63, 3.8) is 0 Å². The van der Waals surface area contributed by atoms with E-state index in [9.17, 15) is 0 Å². The third kappa shape index (κ3) is 5.85. The van der Waals surface area contributed by atoms with Gasteiger partial charge in [0.2, 0.25) is 0 Å². The van der Waals surface area contributed by atoms with Crippen LogP contribution in [0.2, 0.25) is 0 Å². The lowest BCUT2D eigenvalue weighted by molar-refractivity contribution is 0.220. The van der Waals surface area contributed by atoms with Crippen LogP contribution >= 0.6 is 16.7 Å². The molecule has 0 aromatic heterocycles. The largest absolute Gasteiger partial charge is 0.257 e. The fourth-order valence-corrected chi connectivity index (χ4v) is 11.3. The van der Waals surface area contributed by atoms with E-state index in [0.717, 1.165) is 0 Å². The van der Waals surface area contributed by atoms with Crippen LogP contribution in [0.3, 0.4) is 0 Å². The van der Waals surface area contributed by atoms with Gasteiger partial charge < -0.3 is 0 Å². The third-order valence-electron chi connectivity index (χ3n) is 4.31. The van der Waals surface area contributed by atoms with Crippen LogP contribution in [0.4, 0.5) is 0 Å². The Hall–Kier alpha value is 0.700. The number of hydrogen-bond donors (Lipinski definition) is 0. The smallest absolute Gasteiger partial charge is 0.132 e. The standard InChI is InChI=1S/C20H46N4P2/c1-11-15-21(16-12-2)25-23(19(5,6)7)26(24(25)20(8,9)10)22(17-13-3)18-14-4/h11-18H2,1-10H3. The minimum Gasteiger partial charge on any atom is -0.257 e. The minimum atomic E-state index is -0.382. The highest BCUT2D eigenvalue weighted by atomic mass is 31.3. The maximum Gasteiger partial charge on any atom is 0.132 e. The summed E-state index contributed by atoms with van der Waals surface area (Å²) >= 11 is 0. The molecule has 1 aliphatic heterocycles. The molecule has 0 bridgehead atoms. The Balaban J connectivity index is 3.32. The van der Waals surface area contributed by atoms with Crippen molar-refractivity contribution in [2.75, 3.05) is 26.2 Å². The van der Waals surface area contributed by atoms with Crippen molar-refractivity contribution in [2.45, 2.75) is 106 Å². The van der Waals surface area contributed by atoms with Crippen molar-refractivity contribution in [1.29, 1.82) is 0 Å². The van der Waals surface area contributed by atoms with Gasteiger partial charge in [0.05, 0.1) is 0 Å². The van der Waals surface area contributed by atoms with Crippen LogP contribution in [0.1, 0.15) is 94.9 Å². The maximum absolute atomic E-state index is 2.90. The van der Waals surface area contributed by atoms with Gasteiger partial charge in [0, 0.05) is 37.3 Å². The lowest BCUT2D eigenvalue weighted by Crippen LogP contribution is -2.59. The lowest BCUT2D eigenvalue weighted by Gasteiger charge is -2.68. The van der Waals surface area contributed by atoms with Gasteiger partial charge in [-0.05, 0) is 67.2 Å². The van der Waals surface area contributed by atoms with Crippen LogP contribution < -0.4 is 0 Å². The molecule has 0 atom stereocenters. The van der Waals surface area contributed by atoms with Crippen molar-refractivity contribution in [3.8, 4) is 0 Å². The third-order valence-corrected chi connectivity index (χ3v) is 11.8. The zero-order valence-electron chi connectivity index (χ0n) is 19.3. The fourth-order valence-electron chi connectivity index (χ4n) is 3.44. The van der Waals surface area contributed by atoms with E-state index in [1.807, 2.05) is 0 Å². The monoisotopic (exact) mass is 404 g/mol. The van der Waals surface area contributed by atoms with Gasteiger partial charge in [-0.1, -0.05) is 27.7 Å². The Morgan fingerprint density at radius 2 is 0.769 bits per heavy atom. The average Bonchev–Trinajstić information content (AvgIpc) is 2.44. The molecular weight excluding hydrogens is 358 g/mol. The van der Waals surface area contributed by atoms with E-state index in [0.29, 0.717) is 0 Å².